The van der Waals surface area contributed by atoms with Gasteiger partial charge < -0.3 is 10.2 Å². The second-order valence-corrected chi connectivity index (χ2v) is 10.8. The highest BCUT2D eigenvalue weighted by molar-refractivity contribution is 9.10. The second kappa shape index (κ2) is 9.75. The fourth-order valence-corrected chi connectivity index (χ4v) is 4.86. The van der Waals surface area contributed by atoms with Crippen LogP contribution in [0.4, 0.5) is 5.69 Å². The highest BCUT2D eigenvalue weighted by atomic mass is 79.9. The third-order valence-electron chi connectivity index (χ3n) is 4.81. The van der Waals surface area contributed by atoms with E-state index in [2.05, 4.69) is 31.0 Å². The van der Waals surface area contributed by atoms with E-state index in [-0.39, 0.29) is 0 Å². The monoisotopic (exact) mass is 515 g/mol. The molecule has 0 bridgehead atoms. The van der Waals surface area contributed by atoms with E-state index in [4.69, 9.17) is 23.8 Å². The van der Waals surface area contributed by atoms with Gasteiger partial charge in [-0.05, 0) is 54.5 Å². The van der Waals surface area contributed by atoms with Gasteiger partial charge in [-0.3, -0.25) is 4.90 Å². The molecule has 0 radical (unpaired) electrons. The number of anilines is 1. The van der Waals surface area contributed by atoms with Crippen LogP contribution in [0, 0.1) is 0 Å². The third-order valence-corrected chi connectivity index (χ3v) is 7.10. The molecule has 1 fully saturated rings. The molecule has 29 heavy (non-hydrogen) atoms. The molecule has 0 spiro atoms. The fraction of sp³-hybridized carbons (Fsp3) is 0.350. The molecule has 1 saturated heterocycles. The van der Waals surface area contributed by atoms with Crippen LogP contribution in [-0.2, 0) is 16.4 Å². The average molecular weight is 517 g/mol. The van der Waals surface area contributed by atoms with Crippen LogP contribution in [0.3, 0.4) is 0 Å². The summed E-state index contributed by atoms with van der Waals surface area (Å²) in [6, 6.07) is 12.8. The Kier molecular flexibility index (Phi) is 7.56. The maximum Gasteiger partial charge on any atom is 0.175 e. The molecule has 0 saturated carbocycles. The SMILES string of the molecule is CS(=O)(=O)c1ccc(CN2CCCN(C(=S)Nc3ccc(Br)cc3Cl)CC2)cc1. The average Bonchev–Trinajstić information content (AvgIpc) is 2.89. The molecule has 156 valence electrons. The van der Waals surface area contributed by atoms with E-state index in [1.165, 1.54) is 6.26 Å². The number of halogens is 2. The summed E-state index contributed by atoms with van der Waals surface area (Å²) in [4.78, 5) is 4.89. The van der Waals surface area contributed by atoms with Gasteiger partial charge in [-0.2, -0.15) is 0 Å². The Morgan fingerprint density at radius 3 is 2.52 bits per heavy atom. The first-order valence-corrected chi connectivity index (χ1v) is 12.7. The van der Waals surface area contributed by atoms with E-state index in [1.807, 2.05) is 30.3 Å². The maximum atomic E-state index is 11.6. The van der Waals surface area contributed by atoms with Crippen LogP contribution in [-0.4, -0.2) is 55.8 Å². The topological polar surface area (TPSA) is 52.7 Å². The molecule has 1 aliphatic heterocycles. The van der Waals surface area contributed by atoms with Crippen LogP contribution >= 0.6 is 39.7 Å². The van der Waals surface area contributed by atoms with Crippen LogP contribution < -0.4 is 5.32 Å². The Morgan fingerprint density at radius 2 is 1.86 bits per heavy atom. The maximum absolute atomic E-state index is 11.6. The first-order valence-electron chi connectivity index (χ1n) is 9.25. The summed E-state index contributed by atoms with van der Waals surface area (Å²) in [6.45, 7) is 4.33. The number of nitrogens with one attached hydrogen (secondary N) is 1. The van der Waals surface area contributed by atoms with Crippen molar-refractivity contribution in [2.45, 2.75) is 17.9 Å². The molecule has 0 atom stereocenters. The number of nitrogens with zero attached hydrogens (tertiary/aromatic N) is 2. The van der Waals surface area contributed by atoms with Gasteiger partial charge in [0.1, 0.15) is 0 Å². The Labute approximate surface area is 191 Å². The quantitative estimate of drug-likeness (QED) is 0.608. The second-order valence-electron chi connectivity index (χ2n) is 7.09. The summed E-state index contributed by atoms with van der Waals surface area (Å²) in [5.41, 5.74) is 1.90. The number of hydrogen-bond donors (Lipinski definition) is 1. The van der Waals surface area contributed by atoms with Crippen LogP contribution in [0.1, 0.15) is 12.0 Å². The number of hydrogen-bond acceptors (Lipinski definition) is 4. The van der Waals surface area contributed by atoms with Gasteiger partial charge in [0.2, 0.25) is 0 Å². The summed E-state index contributed by atoms with van der Waals surface area (Å²) < 4.78 is 24.1. The van der Waals surface area contributed by atoms with Crippen molar-refractivity contribution in [1.82, 2.24) is 9.80 Å². The minimum atomic E-state index is -3.16. The van der Waals surface area contributed by atoms with Crippen LogP contribution in [0.25, 0.3) is 0 Å². The van der Waals surface area contributed by atoms with Crippen molar-refractivity contribution in [1.29, 1.82) is 0 Å². The number of sulfone groups is 1. The molecule has 0 unspecified atom stereocenters. The van der Waals surface area contributed by atoms with Crippen molar-refractivity contribution in [2.75, 3.05) is 37.8 Å². The molecule has 2 aromatic rings. The summed E-state index contributed by atoms with van der Waals surface area (Å²) in [6.07, 6.45) is 2.22. The molecule has 9 heteroatoms. The normalized spacial score (nSPS) is 15.8. The largest absolute Gasteiger partial charge is 0.348 e. The van der Waals surface area contributed by atoms with Gasteiger partial charge in [-0.1, -0.05) is 39.7 Å². The molecule has 1 N–H and O–H groups in total. The minimum absolute atomic E-state index is 0.353. The lowest BCUT2D eigenvalue weighted by molar-refractivity contribution is 0.278. The Balaban J connectivity index is 1.56. The zero-order valence-corrected chi connectivity index (χ0v) is 20.0. The van der Waals surface area contributed by atoms with Crippen molar-refractivity contribution in [2.24, 2.45) is 0 Å². The zero-order valence-electron chi connectivity index (χ0n) is 16.1. The van der Waals surface area contributed by atoms with Gasteiger partial charge in [0.15, 0.2) is 14.9 Å². The molecule has 1 aliphatic rings. The number of thiocarbonyl (C=S) groups is 1. The van der Waals surface area contributed by atoms with Crippen molar-refractivity contribution >= 4 is 60.4 Å². The van der Waals surface area contributed by atoms with Crippen molar-refractivity contribution < 1.29 is 8.42 Å². The molecule has 0 aromatic heterocycles. The summed E-state index contributed by atoms with van der Waals surface area (Å²) in [7, 11) is -3.16. The Morgan fingerprint density at radius 1 is 1.14 bits per heavy atom. The molecule has 5 nitrogen and oxygen atoms in total. The van der Waals surface area contributed by atoms with E-state index in [1.54, 1.807) is 12.1 Å². The van der Waals surface area contributed by atoms with Gasteiger partial charge >= 0.3 is 0 Å². The Hall–Kier alpha value is -1.19. The number of benzene rings is 2. The molecular formula is C20H23BrClN3O2S2. The summed E-state index contributed by atoms with van der Waals surface area (Å²) in [5, 5.41) is 4.54. The highest BCUT2D eigenvalue weighted by Gasteiger charge is 2.18. The molecule has 0 amide bonds. The van der Waals surface area contributed by atoms with Crippen molar-refractivity contribution in [3.8, 4) is 0 Å². The number of rotatable bonds is 4. The lowest BCUT2D eigenvalue weighted by atomic mass is 10.2. The Bertz CT molecular complexity index is 984. The highest BCUT2D eigenvalue weighted by Crippen LogP contribution is 2.26. The molecule has 1 heterocycles. The van der Waals surface area contributed by atoms with Crippen molar-refractivity contribution in [3.63, 3.8) is 0 Å². The van der Waals surface area contributed by atoms with Crippen LogP contribution in [0.15, 0.2) is 51.8 Å². The van der Waals surface area contributed by atoms with E-state index in [9.17, 15) is 8.42 Å². The zero-order chi connectivity index (χ0) is 21.0. The van der Waals surface area contributed by atoms with Crippen LogP contribution in [0.2, 0.25) is 5.02 Å². The third kappa shape index (κ3) is 6.39. The van der Waals surface area contributed by atoms with E-state index in [0.717, 1.165) is 54.9 Å². The predicted octanol–water partition coefficient (Wildman–Crippen LogP) is 4.41. The predicted molar refractivity (Wildman–Crippen MR) is 126 cm³/mol. The van der Waals surface area contributed by atoms with Gasteiger partial charge in [0.25, 0.3) is 0 Å². The molecular weight excluding hydrogens is 494 g/mol. The van der Waals surface area contributed by atoms with Gasteiger partial charge in [0, 0.05) is 43.5 Å². The van der Waals surface area contributed by atoms with E-state index in [0.29, 0.717) is 15.0 Å². The van der Waals surface area contributed by atoms with Gasteiger partial charge in [-0.25, -0.2) is 8.42 Å². The van der Waals surface area contributed by atoms with Gasteiger partial charge in [0.05, 0.1) is 15.6 Å². The first-order chi connectivity index (χ1) is 13.7. The minimum Gasteiger partial charge on any atom is -0.348 e. The van der Waals surface area contributed by atoms with E-state index >= 15 is 0 Å². The smallest absolute Gasteiger partial charge is 0.175 e. The van der Waals surface area contributed by atoms with E-state index < -0.39 is 9.84 Å². The summed E-state index contributed by atoms with van der Waals surface area (Å²) in [5.74, 6) is 0. The fourth-order valence-electron chi connectivity index (χ4n) is 3.22. The van der Waals surface area contributed by atoms with Crippen LogP contribution in [0.5, 0.6) is 0 Å². The molecule has 3 rings (SSSR count). The lowest BCUT2D eigenvalue weighted by Crippen LogP contribution is -2.37. The van der Waals surface area contributed by atoms with Crippen molar-refractivity contribution in [3.05, 3.63) is 57.5 Å². The molecule has 0 aliphatic carbocycles. The summed E-state index contributed by atoms with van der Waals surface area (Å²) >= 11 is 15.3. The lowest BCUT2D eigenvalue weighted by Gasteiger charge is -2.25. The molecule has 2 aromatic carbocycles. The first kappa shape index (κ1) is 22.5. The standard InChI is InChI=1S/C20H23BrClN3O2S2/c1-29(26,27)17-6-3-15(4-7-17)14-24-9-2-10-25(12-11-24)20(28)23-19-8-5-16(21)13-18(19)22/h3-8,13H,2,9-12,14H2,1H3,(H,23,28). The van der Waals surface area contributed by atoms with Gasteiger partial charge in [-0.15, -0.1) is 0 Å².